The van der Waals surface area contributed by atoms with Crippen molar-refractivity contribution in [3.8, 4) is 0 Å². The van der Waals surface area contributed by atoms with Crippen molar-refractivity contribution in [2.75, 3.05) is 5.75 Å². The van der Waals surface area contributed by atoms with Gasteiger partial charge < -0.3 is 5.11 Å². The first kappa shape index (κ1) is 13.1. The summed E-state index contributed by atoms with van der Waals surface area (Å²) in [5, 5.41) is 8.81. The summed E-state index contributed by atoms with van der Waals surface area (Å²) in [5.74, 6) is -0.625. The molecule has 0 rings (SSSR count). The van der Waals surface area contributed by atoms with E-state index in [1.807, 2.05) is 0 Å². The molecule has 0 aliphatic heterocycles. The van der Waals surface area contributed by atoms with E-state index in [1.54, 1.807) is 0 Å². The molecule has 2 N–H and O–H groups in total. The fourth-order valence-corrected chi connectivity index (χ4v) is 1.34. The Morgan fingerprint density at radius 1 is 1.40 bits per heavy atom. The smallest absolute Gasteiger partial charge is 0.267 e. The maximum Gasteiger partial charge on any atom is 0.267 e. The summed E-state index contributed by atoms with van der Waals surface area (Å²) in [5.41, 5.74) is -1.35. The molecule has 0 spiro atoms. The van der Waals surface area contributed by atoms with Gasteiger partial charge in [-0.15, -0.1) is 0 Å². The largest absolute Gasteiger partial charge is 0.389 e. The zero-order valence-corrected chi connectivity index (χ0v) is 9.82. The molecule has 4 nitrogen and oxygen atoms in total. The van der Waals surface area contributed by atoms with Gasteiger partial charge in [-0.2, -0.15) is 8.42 Å². The molecule has 0 amide bonds. The Morgan fingerprint density at radius 3 is 1.70 bits per heavy atom. The van der Waals surface area contributed by atoms with Crippen LogP contribution in [0.4, 0.5) is 0 Å². The molecule has 58 valence electrons. The quantitative estimate of drug-likeness (QED) is 0.492. The normalized spacial score (nSPS) is 12.4. The van der Waals surface area contributed by atoms with Gasteiger partial charge in [0.2, 0.25) is 0 Å². The molecule has 0 saturated carbocycles. The molecule has 0 aromatic carbocycles. The Kier molecular flexibility index (Phi) is 4.93. The van der Waals surface area contributed by atoms with E-state index in [0.29, 0.717) is 0 Å². The van der Waals surface area contributed by atoms with E-state index in [2.05, 4.69) is 0 Å². The van der Waals surface area contributed by atoms with Gasteiger partial charge >= 0.3 is 0 Å². The van der Waals surface area contributed by atoms with Gasteiger partial charge in [-0.05, 0) is 13.8 Å². The van der Waals surface area contributed by atoms with E-state index < -0.39 is 21.5 Å². The third-order valence-electron chi connectivity index (χ3n) is 0.536. The number of hydrogen-bond donors (Lipinski definition) is 2. The fourth-order valence-electron chi connectivity index (χ4n) is 0.446. The van der Waals surface area contributed by atoms with Crippen LogP contribution in [0.5, 0.6) is 0 Å². The number of rotatable bonds is 2. The molecule has 10 heavy (non-hydrogen) atoms. The molecule has 0 aliphatic carbocycles. The van der Waals surface area contributed by atoms with Gasteiger partial charge in [0.25, 0.3) is 10.1 Å². The van der Waals surface area contributed by atoms with Crippen LogP contribution >= 0.6 is 0 Å². The van der Waals surface area contributed by atoms with Gasteiger partial charge in [-0.3, -0.25) is 4.55 Å². The van der Waals surface area contributed by atoms with Crippen LogP contribution in [0.25, 0.3) is 0 Å². The Hall–Kier alpha value is 0.493. The topological polar surface area (TPSA) is 74.6 Å². The van der Waals surface area contributed by atoms with Crippen molar-refractivity contribution in [3.63, 3.8) is 0 Å². The van der Waals surface area contributed by atoms with Gasteiger partial charge in [-0.25, -0.2) is 0 Å². The molecule has 0 atom stereocenters. The predicted octanol–water partition coefficient (Wildman–Crippen LogP) is -0.357. The van der Waals surface area contributed by atoms with Crippen LogP contribution in [-0.2, 0) is 29.6 Å². The van der Waals surface area contributed by atoms with E-state index in [0.717, 1.165) is 0 Å². The summed E-state index contributed by atoms with van der Waals surface area (Å²) < 4.78 is 28.3. The van der Waals surface area contributed by atoms with Crippen molar-refractivity contribution in [3.05, 3.63) is 0 Å². The van der Waals surface area contributed by atoms with E-state index >= 15 is 0 Å². The summed E-state index contributed by atoms with van der Waals surface area (Å²) in [6.45, 7) is 2.61. The van der Waals surface area contributed by atoms with Crippen LogP contribution in [-0.4, -0.2) is 29.4 Å². The standard InChI is InChI=1S/C4H10O4S.Zn/c1-4(2,5)3-9(6,7)8;/h5H,3H2,1-2H3,(H,6,7,8);. The molecule has 0 aromatic heterocycles. The molecule has 0 saturated heterocycles. The third kappa shape index (κ3) is 11.3. The number of aliphatic hydroxyl groups is 1. The second-order valence-electron chi connectivity index (χ2n) is 2.54. The predicted molar refractivity (Wildman–Crippen MR) is 32.7 cm³/mol. The first-order valence-electron chi connectivity index (χ1n) is 2.38. The van der Waals surface area contributed by atoms with Gasteiger partial charge in [0.1, 0.15) is 5.75 Å². The Morgan fingerprint density at radius 2 is 1.70 bits per heavy atom. The van der Waals surface area contributed by atoms with E-state index in [4.69, 9.17) is 9.66 Å². The average Bonchev–Trinajstić information content (AvgIpc) is 1.14. The second kappa shape index (κ2) is 3.76. The van der Waals surface area contributed by atoms with Crippen LogP contribution in [0.2, 0.25) is 0 Å². The fraction of sp³-hybridized carbons (Fsp3) is 1.00. The van der Waals surface area contributed by atoms with Crippen molar-refractivity contribution in [1.82, 2.24) is 0 Å². The minimum Gasteiger partial charge on any atom is -0.389 e. The molecule has 0 heterocycles. The molecule has 0 unspecified atom stereocenters. The minimum atomic E-state index is -4.03. The monoisotopic (exact) mass is 218 g/mol. The molecular weight excluding hydrogens is 209 g/mol. The number of hydrogen-bond acceptors (Lipinski definition) is 3. The first-order valence-corrected chi connectivity index (χ1v) is 3.99. The third-order valence-corrected chi connectivity index (χ3v) is 1.61. The Labute approximate surface area is 73.1 Å². The molecule has 0 bridgehead atoms. The molecule has 0 aliphatic rings. The molecule has 0 aromatic rings. The molecule has 0 radical (unpaired) electrons. The van der Waals surface area contributed by atoms with Crippen LogP contribution in [0.1, 0.15) is 13.8 Å². The minimum absolute atomic E-state index is 0. The van der Waals surface area contributed by atoms with Gasteiger partial charge in [0.15, 0.2) is 0 Å². The maximum absolute atomic E-state index is 10.0. The first-order chi connectivity index (χ1) is 3.71. The van der Waals surface area contributed by atoms with Gasteiger partial charge in [-0.1, -0.05) is 0 Å². The molecule has 0 fully saturated rings. The van der Waals surface area contributed by atoms with Crippen molar-refractivity contribution < 1.29 is 37.6 Å². The van der Waals surface area contributed by atoms with Crippen LogP contribution in [0, 0.1) is 0 Å². The summed E-state index contributed by atoms with van der Waals surface area (Å²) in [6, 6.07) is 0. The summed E-state index contributed by atoms with van der Waals surface area (Å²) in [6.07, 6.45) is 0. The second-order valence-corrected chi connectivity index (χ2v) is 3.99. The van der Waals surface area contributed by atoms with Crippen molar-refractivity contribution in [1.29, 1.82) is 0 Å². The zero-order valence-electron chi connectivity index (χ0n) is 6.03. The van der Waals surface area contributed by atoms with Crippen LogP contribution < -0.4 is 0 Å². The average molecular weight is 220 g/mol. The Bertz CT molecular complexity index is 178. The van der Waals surface area contributed by atoms with Crippen LogP contribution in [0.15, 0.2) is 0 Å². The SMILES string of the molecule is CC(C)(O)CS(=O)(=O)O.[Zn]. The summed E-state index contributed by atoms with van der Waals surface area (Å²) in [4.78, 5) is 0. The van der Waals surface area contributed by atoms with Crippen molar-refractivity contribution in [2.24, 2.45) is 0 Å². The van der Waals surface area contributed by atoms with Crippen LogP contribution in [0.3, 0.4) is 0 Å². The molecule has 6 heteroatoms. The van der Waals surface area contributed by atoms with E-state index in [9.17, 15) is 8.42 Å². The van der Waals surface area contributed by atoms with Crippen molar-refractivity contribution in [2.45, 2.75) is 19.4 Å². The maximum atomic E-state index is 10.0. The van der Waals surface area contributed by atoms with E-state index in [1.165, 1.54) is 13.8 Å². The summed E-state index contributed by atoms with van der Waals surface area (Å²) >= 11 is 0. The summed E-state index contributed by atoms with van der Waals surface area (Å²) in [7, 11) is -4.03. The molecular formula is C4H10O4SZn. The zero-order chi connectivity index (χ0) is 7.71. The van der Waals surface area contributed by atoms with Crippen molar-refractivity contribution >= 4 is 10.1 Å². The Balaban J connectivity index is 0. The van der Waals surface area contributed by atoms with Gasteiger partial charge in [0.05, 0.1) is 5.60 Å². The van der Waals surface area contributed by atoms with Gasteiger partial charge in [0, 0.05) is 19.5 Å². The van der Waals surface area contributed by atoms with E-state index in [-0.39, 0.29) is 19.5 Å².